The Labute approximate surface area is 206 Å². The van der Waals surface area contributed by atoms with E-state index in [9.17, 15) is 35.9 Å². The number of rotatable bonds is 8. The summed E-state index contributed by atoms with van der Waals surface area (Å²) < 4.78 is 77.5. The van der Waals surface area contributed by atoms with Crippen LogP contribution in [-0.4, -0.2) is 51.8 Å². The lowest BCUT2D eigenvalue weighted by Gasteiger charge is -2.36. The second-order valence-corrected chi connectivity index (χ2v) is 8.81. The van der Waals surface area contributed by atoms with Crippen molar-refractivity contribution in [2.45, 2.75) is 45.1 Å². The van der Waals surface area contributed by atoms with Crippen molar-refractivity contribution in [1.29, 1.82) is 0 Å². The van der Waals surface area contributed by atoms with Crippen molar-refractivity contribution in [2.24, 2.45) is 11.8 Å². The molecule has 2 aromatic rings. The second-order valence-electron chi connectivity index (χ2n) is 8.81. The Balaban J connectivity index is 1.44. The molecule has 3 rings (SSSR count). The van der Waals surface area contributed by atoms with Crippen molar-refractivity contribution in [1.82, 2.24) is 25.6 Å². The number of nitrogens with one attached hydrogen (secondary N) is 3. The molecule has 0 spiro atoms. The molecule has 0 radical (unpaired) electrons. The van der Waals surface area contributed by atoms with Crippen LogP contribution in [0.3, 0.4) is 0 Å². The quantitative estimate of drug-likeness (QED) is 0.347. The highest BCUT2D eigenvalue weighted by Crippen LogP contribution is 2.32. The van der Waals surface area contributed by atoms with Gasteiger partial charge in [0.1, 0.15) is 5.56 Å². The minimum atomic E-state index is -4.89. The van der Waals surface area contributed by atoms with Crippen LogP contribution >= 0.6 is 0 Å². The first kappa shape index (κ1) is 28.1. The number of amides is 1. The van der Waals surface area contributed by atoms with E-state index in [1.54, 1.807) is 10.00 Å². The van der Waals surface area contributed by atoms with E-state index in [1.807, 2.05) is 6.92 Å². The summed E-state index contributed by atoms with van der Waals surface area (Å²) in [6.07, 6.45) is -6.44. The van der Waals surface area contributed by atoms with Crippen molar-refractivity contribution in [3.05, 3.63) is 40.1 Å². The number of carbonyl (C=O) groups excluding carboxylic acids is 1. The Morgan fingerprint density at radius 1 is 1.19 bits per heavy atom. The number of hydrogen-bond donors (Lipinski definition) is 3. The molecule has 3 N–H and O–H groups in total. The van der Waals surface area contributed by atoms with E-state index in [0.717, 1.165) is 18.6 Å². The van der Waals surface area contributed by atoms with Crippen molar-refractivity contribution < 1.29 is 36.0 Å². The van der Waals surface area contributed by atoms with Gasteiger partial charge in [0.15, 0.2) is 0 Å². The Kier molecular flexibility index (Phi) is 8.60. The highest BCUT2D eigenvalue weighted by atomic mass is 19.4. The standard InChI is InChI=1S/C21H25F6N7O3/c1-11-9-34(19-28-6-14(7-29-19)20(22,23)24)4-3-13(11)5-16(35)33-37-10-12(2)31-15-8-30-32-18(36)17(15)21(25,26)27/h6-8,11-13H,3-5,9-10H2,1-2H3,(H,33,35)(H2,31,32,36). The predicted octanol–water partition coefficient (Wildman–Crippen LogP) is 3.00. The minimum absolute atomic E-state index is 0.00422. The maximum atomic E-state index is 13.1. The summed E-state index contributed by atoms with van der Waals surface area (Å²) in [7, 11) is 0. The molecule has 204 valence electrons. The number of nitrogens with zero attached hydrogens (tertiary/aromatic N) is 4. The van der Waals surface area contributed by atoms with Gasteiger partial charge >= 0.3 is 12.4 Å². The van der Waals surface area contributed by atoms with Gasteiger partial charge in [0.25, 0.3) is 5.56 Å². The molecule has 1 saturated heterocycles. The average molecular weight is 537 g/mol. The summed E-state index contributed by atoms with van der Waals surface area (Å²) in [4.78, 5) is 38.3. The third kappa shape index (κ3) is 7.53. The highest BCUT2D eigenvalue weighted by Gasteiger charge is 2.37. The van der Waals surface area contributed by atoms with E-state index in [-0.39, 0.29) is 30.8 Å². The first-order chi connectivity index (χ1) is 17.3. The number of aromatic amines is 1. The molecule has 0 bridgehead atoms. The lowest BCUT2D eigenvalue weighted by atomic mass is 9.84. The zero-order chi connectivity index (χ0) is 27.4. The summed E-state index contributed by atoms with van der Waals surface area (Å²) in [5, 5.41) is 7.59. The fourth-order valence-electron chi connectivity index (χ4n) is 3.93. The fourth-order valence-corrected chi connectivity index (χ4v) is 3.93. The molecule has 3 atom stereocenters. The molecule has 0 saturated carbocycles. The van der Waals surface area contributed by atoms with Crippen LogP contribution in [0.2, 0.25) is 0 Å². The lowest BCUT2D eigenvalue weighted by Crippen LogP contribution is -2.42. The summed E-state index contributed by atoms with van der Waals surface area (Å²) in [5.74, 6) is -0.300. The number of piperidine rings is 1. The molecule has 1 fully saturated rings. The smallest absolute Gasteiger partial charge is 0.378 e. The lowest BCUT2D eigenvalue weighted by molar-refractivity contribution is -0.139. The molecule has 0 aliphatic carbocycles. The predicted molar refractivity (Wildman–Crippen MR) is 118 cm³/mol. The van der Waals surface area contributed by atoms with Crippen molar-refractivity contribution in [2.75, 3.05) is 29.9 Å². The van der Waals surface area contributed by atoms with Gasteiger partial charge in [-0.25, -0.2) is 20.5 Å². The number of hydrogen-bond acceptors (Lipinski definition) is 8. The van der Waals surface area contributed by atoms with E-state index in [4.69, 9.17) is 4.84 Å². The van der Waals surface area contributed by atoms with Crippen molar-refractivity contribution in [3.63, 3.8) is 0 Å². The number of hydroxylamine groups is 1. The van der Waals surface area contributed by atoms with E-state index in [1.165, 1.54) is 6.92 Å². The van der Waals surface area contributed by atoms with Crippen LogP contribution in [0, 0.1) is 11.8 Å². The summed E-state index contributed by atoms with van der Waals surface area (Å²) in [6, 6.07) is -0.712. The fraction of sp³-hybridized carbons (Fsp3) is 0.571. The SMILES string of the molecule is CC(CONC(=O)CC1CCN(c2ncc(C(F)(F)F)cn2)CC1C)Nc1cn[nH]c(=O)c1C(F)(F)F. The summed E-state index contributed by atoms with van der Waals surface area (Å²) >= 11 is 0. The molecule has 3 unspecified atom stereocenters. The average Bonchev–Trinajstić information content (AvgIpc) is 2.79. The highest BCUT2D eigenvalue weighted by molar-refractivity contribution is 5.75. The van der Waals surface area contributed by atoms with Gasteiger partial charge in [-0.15, -0.1) is 0 Å². The monoisotopic (exact) mass is 537 g/mol. The molecule has 3 heterocycles. The van der Waals surface area contributed by atoms with E-state index < -0.39 is 46.7 Å². The van der Waals surface area contributed by atoms with Gasteiger partial charge in [-0.05, 0) is 25.2 Å². The van der Waals surface area contributed by atoms with Crippen LogP contribution < -0.4 is 21.3 Å². The molecule has 0 aromatic carbocycles. The minimum Gasteiger partial charge on any atom is -0.378 e. The van der Waals surface area contributed by atoms with Gasteiger partial charge < -0.3 is 10.2 Å². The van der Waals surface area contributed by atoms with Crippen LogP contribution in [0.5, 0.6) is 0 Å². The molecular weight excluding hydrogens is 512 g/mol. The topological polar surface area (TPSA) is 125 Å². The number of carbonyl (C=O) groups is 1. The number of aromatic nitrogens is 4. The Morgan fingerprint density at radius 2 is 1.86 bits per heavy atom. The maximum absolute atomic E-state index is 13.1. The molecule has 2 aromatic heterocycles. The van der Waals surface area contributed by atoms with Crippen LogP contribution in [0.1, 0.15) is 37.8 Å². The molecule has 1 aliphatic rings. The molecular formula is C21H25F6N7O3. The zero-order valence-electron chi connectivity index (χ0n) is 19.8. The first-order valence-electron chi connectivity index (χ1n) is 11.2. The number of H-pyrrole nitrogens is 1. The van der Waals surface area contributed by atoms with Crippen LogP contribution in [-0.2, 0) is 22.0 Å². The Bertz CT molecular complexity index is 1120. The molecule has 1 aliphatic heterocycles. The van der Waals surface area contributed by atoms with Crippen LogP contribution in [0.25, 0.3) is 0 Å². The van der Waals surface area contributed by atoms with Gasteiger partial charge in [0, 0.05) is 37.9 Å². The van der Waals surface area contributed by atoms with Gasteiger partial charge in [-0.3, -0.25) is 14.4 Å². The van der Waals surface area contributed by atoms with Crippen LogP contribution in [0.4, 0.5) is 38.0 Å². The molecule has 10 nitrogen and oxygen atoms in total. The number of alkyl halides is 6. The Morgan fingerprint density at radius 3 is 2.46 bits per heavy atom. The zero-order valence-corrected chi connectivity index (χ0v) is 19.8. The molecule has 1 amide bonds. The molecule has 16 heteroatoms. The summed E-state index contributed by atoms with van der Waals surface area (Å²) in [5.41, 5.74) is -2.00. The van der Waals surface area contributed by atoms with E-state index >= 15 is 0 Å². The maximum Gasteiger partial charge on any atom is 0.423 e. The van der Waals surface area contributed by atoms with Crippen molar-refractivity contribution >= 4 is 17.5 Å². The number of anilines is 2. The van der Waals surface area contributed by atoms with E-state index in [2.05, 4.69) is 25.9 Å². The van der Waals surface area contributed by atoms with E-state index in [0.29, 0.717) is 19.5 Å². The number of halogens is 6. The van der Waals surface area contributed by atoms with Gasteiger partial charge in [-0.2, -0.15) is 31.4 Å². The van der Waals surface area contributed by atoms with Crippen LogP contribution in [0.15, 0.2) is 23.4 Å². The Hall–Kier alpha value is -3.43. The van der Waals surface area contributed by atoms with Gasteiger partial charge in [-0.1, -0.05) is 6.92 Å². The largest absolute Gasteiger partial charge is 0.423 e. The third-order valence-electron chi connectivity index (χ3n) is 5.84. The molecule has 37 heavy (non-hydrogen) atoms. The van der Waals surface area contributed by atoms with Gasteiger partial charge in [0.05, 0.1) is 24.1 Å². The normalized spacial score (nSPS) is 19.4. The second kappa shape index (κ2) is 11.3. The first-order valence-corrected chi connectivity index (χ1v) is 11.2. The van der Waals surface area contributed by atoms with Gasteiger partial charge in [0.2, 0.25) is 11.9 Å². The third-order valence-corrected chi connectivity index (χ3v) is 5.84. The van der Waals surface area contributed by atoms with Crippen molar-refractivity contribution in [3.8, 4) is 0 Å². The summed E-state index contributed by atoms with van der Waals surface area (Å²) in [6.45, 7) is 4.08.